The van der Waals surface area contributed by atoms with Crippen molar-refractivity contribution < 1.29 is 22.4 Å². The summed E-state index contributed by atoms with van der Waals surface area (Å²) in [4.78, 5) is 10.4. The number of halogens is 4. The molecule has 5 heteroatoms. The maximum atomic E-state index is 12.5. The van der Waals surface area contributed by atoms with E-state index in [9.17, 15) is 22.4 Å². The Morgan fingerprint density at radius 3 is 1.80 bits per heavy atom. The van der Waals surface area contributed by atoms with E-state index in [-0.39, 0.29) is 16.7 Å². The molecule has 0 atom stereocenters. The fourth-order valence-electron chi connectivity index (χ4n) is 1.52. The molecule has 1 aromatic rings. The van der Waals surface area contributed by atoms with E-state index in [1.165, 1.54) is 13.8 Å². The summed E-state index contributed by atoms with van der Waals surface area (Å²) in [6.45, 7) is 2.39. The lowest BCUT2D eigenvalue weighted by molar-refractivity contribution is -0.138. The number of carbonyl (C=O) groups excluding carboxylic acids is 1. The number of alkyl halides is 3. The van der Waals surface area contributed by atoms with Crippen LogP contribution in [0.4, 0.5) is 17.6 Å². The molecule has 1 rings (SSSR count). The van der Waals surface area contributed by atoms with Crippen LogP contribution in [0.1, 0.15) is 27.0 Å². The van der Waals surface area contributed by atoms with Gasteiger partial charge in [-0.25, -0.2) is 0 Å². The minimum atomic E-state index is -4.48. The van der Waals surface area contributed by atoms with Crippen LogP contribution in [0.3, 0.4) is 0 Å². The zero-order valence-electron chi connectivity index (χ0n) is 8.07. The van der Waals surface area contributed by atoms with Crippen molar-refractivity contribution in [2.45, 2.75) is 20.0 Å². The summed E-state index contributed by atoms with van der Waals surface area (Å²) in [5.74, 6) is 0. The lowest BCUT2D eigenvalue weighted by Gasteiger charge is -2.13. The van der Waals surface area contributed by atoms with Crippen LogP contribution in [0.15, 0.2) is 12.1 Å². The topological polar surface area (TPSA) is 17.1 Å². The van der Waals surface area contributed by atoms with Gasteiger partial charge in [0.1, 0.15) is 0 Å². The molecule has 0 amide bonds. The van der Waals surface area contributed by atoms with Gasteiger partial charge in [-0.05, 0) is 37.1 Å². The predicted octanol–water partition coefficient (Wildman–Crippen LogP) is 3.43. The summed E-state index contributed by atoms with van der Waals surface area (Å²) in [6.07, 6.45) is -4.48. The second-order valence-corrected chi connectivity index (χ2v) is 3.26. The molecule has 0 aliphatic carbocycles. The number of aryl methyl sites for hydroxylation is 2. The van der Waals surface area contributed by atoms with Crippen LogP contribution in [0.5, 0.6) is 0 Å². The van der Waals surface area contributed by atoms with E-state index >= 15 is 0 Å². The monoisotopic (exact) mass is 220 g/mol. The summed E-state index contributed by atoms with van der Waals surface area (Å²) in [7, 11) is 0. The third-order valence-corrected chi connectivity index (χ3v) is 2.04. The zero-order valence-corrected chi connectivity index (χ0v) is 8.07. The van der Waals surface area contributed by atoms with Crippen LogP contribution in [-0.2, 0) is 6.18 Å². The van der Waals surface area contributed by atoms with Crippen LogP contribution in [-0.4, -0.2) is 6.04 Å². The SMILES string of the molecule is Cc1cc(C(=O)F)cc(C)c1C(F)(F)F. The van der Waals surface area contributed by atoms with Crippen LogP contribution < -0.4 is 0 Å². The Hall–Kier alpha value is -1.39. The van der Waals surface area contributed by atoms with Gasteiger partial charge >= 0.3 is 12.2 Å². The first kappa shape index (κ1) is 11.7. The van der Waals surface area contributed by atoms with Crippen LogP contribution >= 0.6 is 0 Å². The molecule has 1 nitrogen and oxygen atoms in total. The van der Waals surface area contributed by atoms with Gasteiger partial charge in [-0.1, -0.05) is 0 Å². The van der Waals surface area contributed by atoms with Gasteiger partial charge < -0.3 is 0 Å². The Morgan fingerprint density at radius 2 is 1.53 bits per heavy atom. The lowest BCUT2D eigenvalue weighted by Crippen LogP contribution is -2.11. The minimum absolute atomic E-state index is 0.150. The fraction of sp³-hybridized carbons (Fsp3) is 0.300. The normalized spacial score (nSPS) is 11.6. The van der Waals surface area contributed by atoms with Gasteiger partial charge in [0.15, 0.2) is 0 Å². The first-order valence-electron chi connectivity index (χ1n) is 4.11. The number of rotatable bonds is 1. The van der Waals surface area contributed by atoms with Crippen molar-refractivity contribution in [3.63, 3.8) is 0 Å². The highest BCUT2D eigenvalue weighted by atomic mass is 19.4. The maximum Gasteiger partial charge on any atom is 0.416 e. The smallest absolute Gasteiger partial charge is 0.255 e. The molecule has 0 fully saturated rings. The number of benzene rings is 1. The Morgan fingerprint density at radius 1 is 1.13 bits per heavy atom. The van der Waals surface area contributed by atoms with Crippen molar-refractivity contribution in [1.29, 1.82) is 0 Å². The third kappa shape index (κ3) is 2.34. The molecule has 0 radical (unpaired) electrons. The molecule has 0 unspecified atom stereocenters. The van der Waals surface area contributed by atoms with E-state index in [4.69, 9.17) is 0 Å². The van der Waals surface area contributed by atoms with E-state index in [1.54, 1.807) is 0 Å². The van der Waals surface area contributed by atoms with E-state index in [0.29, 0.717) is 0 Å². The summed E-state index contributed by atoms with van der Waals surface area (Å²) in [5, 5.41) is 0. The molecule has 82 valence electrons. The van der Waals surface area contributed by atoms with Gasteiger partial charge in [0.25, 0.3) is 0 Å². The number of carbonyl (C=O) groups is 1. The second-order valence-electron chi connectivity index (χ2n) is 3.26. The average Bonchev–Trinajstić information content (AvgIpc) is 1.99. The second kappa shape index (κ2) is 3.64. The fourth-order valence-corrected chi connectivity index (χ4v) is 1.52. The van der Waals surface area contributed by atoms with E-state index in [0.717, 1.165) is 12.1 Å². The van der Waals surface area contributed by atoms with E-state index in [2.05, 4.69) is 0 Å². The molecule has 0 spiro atoms. The average molecular weight is 220 g/mol. The molecule has 0 heterocycles. The van der Waals surface area contributed by atoms with Crippen LogP contribution in [0.2, 0.25) is 0 Å². The summed E-state index contributed by atoms with van der Waals surface area (Å²) in [6, 6.07) is 0.0750. The molecule has 0 aliphatic rings. The molecule has 1 aromatic carbocycles. The quantitative estimate of drug-likeness (QED) is 0.523. The molecule has 15 heavy (non-hydrogen) atoms. The van der Waals surface area contributed by atoms with Crippen LogP contribution in [0.25, 0.3) is 0 Å². The van der Waals surface area contributed by atoms with Gasteiger partial charge in [-0.3, -0.25) is 4.79 Å². The van der Waals surface area contributed by atoms with Crippen molar-refractivity contribution in [3.05, 3.63) is 34.4 Å². The molecular formula is C10H8F4O. The summed E-state index contributed by atoms with van der Waals surface area (Å²) in [5.41, 5.74) is -1.46. The summed E-state index contributed by atoms with van der Waals surface area (Å²) >= 11 is 0. The van der Waals surface area contributed by atoms with Crippen molar-refractivity contribution in [3.8, 4) is 0 Å². The summed E-state index contributed by atoms with van der Waals surface area (Å²) < 4.78 is 49.7. The lowest BCUT2D eigenvalue weighted by atomic mass is 9.99. The first-order valence-corrected chi connectivity index (χ1v) is 4.11. The van der Waals surface area contributed by atoms with E-state index < -0.39 is 17.8 Å². The zero-order chi connectivity index (χ0) is 11.8. The maximum absolute atomic E-state index is 12.5. The Kier molecular flexibility index (Phi) is 2.83. The standard InChI is InChI=1S/C10H8F4O/c1-5-3-7(9(11)15)4-6(2)8(5)10(12,13)14/h3-4H,1-2H3. The van der Waals surface area contributed by atoms with Gasteiger partial charge in [0.2, 0.25) is 0 Å². The molecule has 0 aliphatic heterocycles. The highest BCUT2D eigenvalue weighted by molar-refractivity contribution is 5.89. The van der Waals surface area contributed by atoms with Gasteiger partial charge in [-0.2, -0.15) is 17.6 Å². The third-order valence-electron chi connectivity index (χ3n) is 2.04. The molecule has 0 saturated carbocycles. The van der Waals surface area contributed by atoms with Crippen molar-refractivity contribution in [2.75, 3.05) is 0 Å². The predicted molar refractivity (Wildman–Crippen MR) is 46.4 cm³/mol. The van der Waals surface area contributed by atoms with Gasteiger partial charge in [0.05, 0.1) is 11.1 Å². The number of hydrogen-bond donors (Lipinski definition) is 0. The molecule has 0 aromatic heterocycles. The van der Waals surface area contributed by atoms with Crippen molar-refractivity contribution in [1.82, 2.24) is 0 Å². The van der Waals surface area contributed by atoms with Gasteiger partial charge in [0, 0.05) is 0 Å². The molecular weight excluding hydrogens is 212 g/mol. The first-order chi connectivity index (χ1) is 6.73. The number of hydrogen-bond acceptors (Lipinski definition) is 1. The molecule has 0 bridgehead atoms. The highest BCUT2D eigenvalue weighted by Crippen LogP contribution is 2.34. The Bertz CT molecular complexity index is 383. The van der Waals surface area contributed by atoms with E-state index in [1.807, 2.05) is 0 Å². The Balaban J connectivity index is 3.41. The largest absolute Gasteiger partial charge is 0.416 e. The molecule has 0 N–H and O–H groups in total. The van der Waals surface area contributed by atoms with Crippen molar-refractivity contribution in [2.24, 2.45) is 0 Å². The molecule has 0 saturated heterocycles. The Labute approximate surface area is 83.7 Å². The minimum Gasteiger partial charge on any atom is -0.255 e. The van der Waals surface area contributed by atoms with Crippen LogP contribution in [0, 0.1) is 13.8 Å². The highest BCUT2D eigenvalue weighted by Gasteiger charge is 2.34. The van der Waals surface area contributed by atoms with Crippen molar-refractivity contribution >= 4 is 6.04 Å². The van der Waals surface area contributed by atoms with Gasteiger partial charge in [-0.15, -0.1) is 0 Å².